The first-order valence-electron chi connectivity index (χ1n) is 12.1. The number of Topliss-reactive ketones (excluding diaryl/α,β-unsaturated/α-hetero) is 1. The van der Waals surface area contributed by atoms with Crippen LogP contribution in [0.2, 0.25) is 0 Å². The topological polar surface area (TPSA) is 95.2 Å². The van der Waals surface area contributed by atoms with Crippen LogP contribution in [0.1, 0.15) is 54.6 Å². The number of anilines is 3. The van der Waals surface area contributed by atoms with E-state index in [0.717, 1.165) is 44.2 Å². The van der Waals surface area contributed by atoms with E-state index in [1.165, 1.54) is 17.0 Å². The quantitative estimate of drug-likeness (QED) is 0.484. The van der Waals surface area contributed by atoms with Crippen LogP contribution in [0.25, 0.3) is 11.3 Å². The van der Waals surface area contributed by atoms with Crippen molar-refractivity contribution in [1.29, 1.82) is 0 Å². The molecule has 0 aliphatic heterocycles. The van der Waals surface area contributed by atoms with Gasteiger partial charge < -0.3 is 10.3 Å². The number of aromatic amines is 1. The number of carbonyl (C=O) groups is 3. The minimum atomic E-state index is -0.383. The Morgan fingerprint density at radius 3 is 2.46 bits per heavy atom. The van der Waals surface area contributed by atoms with E-state index in [1.54, 1.807) is 30.5 Å². The summed E-state index contributed by atoms with van der Waals surface area (Å²) >= 11 is 0. The fraction of sp³-hybridized carbons (Fsp3) is 0.333. The molecule has 2 aromatic heterocycles. The maximum atomic E-state index is 13.9. The van der Waals surface area contributed by atoms with Gasteiger partial charge in [0, 0.05) is 41.4 Å². The van der Waals surface area contributed by atoms with Crippen LogP contribution in [-0.4, -0.2) is 27.6 Å². The Hall–Kier alpha value is -3.81. The molecular weight excluding hydrogens is 447 g/mol. The van der Waals surface area contributed by atoms with Crippen molar-refractivity contribution in [1.82, 2.24) is 9.97 Å². The van der Waals surface area contributed by atoms with E-state index >= 15 is 0 Å². The van der Waals surface area contributed by atoms with Gasteiger partial charge in [0.25, 0.3) is 0 Å². The maximum absolute atomic E-state index is 13.9. The van der Waals surface area contributed by atoms with Gasteiger partial charge in [-0.15, -0.1) is 0 Å². The summed E-state index contributed by atoms with van der Waals surface area (Å²) in [5.41, 5.74) is 3.84. The number of halogens is 1. The molecule has 2 N–H and O–H groups in total. The predicted octanol–water partition coefficient (Wildman–Crippen LogP) is 5.16. The van der Waals surface area contributed by atoms with E-state index < -0.39 is 0 Å². The molecule has 2 heterocycles. The highest BCUT2D eigenvalue weighted by Gasteiger charge is 2.42. The molecule has 178 valence electrons. The second-order valence-corrected chi connectivity index (χ2v) is 9.60. The number of carbonyl (C=O) groups excluding carboxylic acids is 3. The first-order valence-corrected chi connectivity index (χ1v) is 12.1. The SMILES string of the molecule is O=C1CCCc2[nH]c(-c3ccnc(N(C(=O)C4CC4)C(=O)C4CC4)c3)c(Nc3cccc(F)c3)c21. The number of ketones is 1. The molecule has 3 aliphatic rings. The number of amides is 2. The lowest BCUT2D eigenvalue weighted by Gasteiger charge is -2.20. The number of aromatic nitrogens is 2. The van der Waals surface area contributed by atoms with Crippen molar-refractivity contribution in [2.24, 2.45) is 11.8 Å². The van der Waals surface area contributed by atoms with E-state index in [0.29, 0.717) is 40.4 Å². The van der Waals surface area contributed by atoms with Crippen LogP contribution in [0, 0.1) is 17.7 Å². The van der Waals surface area contributed by atoms with E-state index in [2.05, 4.69) is 15.3 Å². The highest BCUT2D eigenvalue weighted by atomic mass is 19.1. The van der Waals surface area contributed by atoms with Crippen molar-refractivity contribution in [3.05, 3.63) is 59.7 Å². The van der Waals surface area contributed by atoms with Crippen molar-refractivity contribution < 1.29 is 18.8 Å². The molecule has 0 spiro atoms. The number of nitrogens with one attached hydrogen (secondary N) is 2. The second kappa shape index (κ2) is 8.45. The number of nitrogens with zero attached hydrogens (tertiary/aromatic N) is 2. The summed E-state index contributed by atoms with van der Waals surface area (Å²) in [6, 6.07) is 9.58. The molecule has 0 bridgehead atoms. The minimum absolute atomic E-state index is 0.0244. The monoisotopic (exact) mass is 472 g/mol. The zero-order valence-electron chi connectivity index (χ0n) is 19.1. The summed E-state index contributed by atoms with van der Waals surface area (Å²) in [7, 11) is 0. The molecule has 2 amide bonds. The zero-order valence-corrected chi connectivity index (χ0v) is 19.1. The van der Waals surface area contributed by atoms with Gasteiger partial charge in [-0.1, -0.05) is 6.07 Å². The van der Waals surface area contributed by atoms with Crippen LogP contribution in [-0.2, 0) is 16.0 Å². The second-order valence-electron chi connectivity index (χ2n) is 9.60. The first kappa shape index (κ1) is 21.7. The van der Waals surface area contributed by atoms with Crippen LogP contribution in [0.4, 0.5) is 21.6 Å². The standard InChI is InChI=1S/C27H25FN4O3/c28-18-3-1-4-19(14-18)30-25-23-20(5-2-6-21(23)33)31-24(25)17-11-12-29-22(13-17)32(26(34)15-7-8-15)27(35)16-9-10-16/h1,3-4,11-16,30-31H,2,5-10H2. The number of rotatable bonds is 6. The van der Waals surface area contributed by atoms with E-state index in [1.807, 2.05) is 0 Å². The van der Waals surface area contributed by atoms with Gasteiger partial charge >= 0.3 is 0 Å². The van der Waals surface area contributed by atoms with Gasteiger partial charge in [0.05, 0.1) is 16.9 Å². The molecule has 1 aromatic carbocycles. The third kappa shape index (κ3) is 4.13. The smallest absolute Gasteiger partial charge is 0.238 e. The van der Waals surface area contributed by atoms with Gasteiger partial charge in [-0.25, -0.2) is 14.3 Å². The Morgan fingerprint density at radius 1 is 1.03 bits per heavy atom. The van der Waals surface area contributed by atoms with Crippen molar-refractivity contribution in [3.8, 4) is 11.3 Å². The number of benzene rings is 1. The summed E-state index contributed by atoms with van der Waals surface area (Å²) in [5, 5.41) is 3.24. The molecule has 8 heteroatoms. The van der Waals surface area contributed by atoms with Gasteiger partial charge in [-0.2, -0.15) is 0 Å². The van der Waals surface area contributed by atoms with E-state index in [4.69, 9.17) is 0 Å². The third-order valence-corrected chi connectivity index (χ3v) is 6.84. The molecule has 0 unspecified atom stereocenters. The average molecular weight is 473 g/mol. The normalized spacial score (nSPS) is 17.1. The molecule has 7 nitrogen and oxygen atoms in total. The molecular formula is C27H25FN4O3. The van der Waals surface area contributed by atoms with Crippen LogP contribution < -0.4 is 10.2 Å². The molecule has 2 saturated carbocycles. The number of hydrogen-bond acceptors (Lipinski definition) is 5. The van der Waals surface area contributed by atoms with Crippen LogP contribution in [0.15, 0.2) is 42.6 Å². The number of fused-ring (bicyclic) bond motifs is 1. The Kier molecular flexibility index (Phi) is 5.24. The summed E-state index contributed by atoms with van der Waals surface area (Å²) in [4.78, 5) is 48.0. The molecule has 3 aromatic rings. The van der Waals surface area contributed by atoms with Crippen molar-refractivity contribution in [2.45, 2.75) is 44.9 Å². The molecule has 3 aliphatic carbocycles. The predicted molar refractivity (Wildman–Crippen MR) is 129 cm³/mol. The maximum Gasteiger partial charge on any atom is 0.238 e. The number of hydrogen-bond donors (Lipinski definition) is 2. The molecule has 0 atom stereocenters. The molecule has 2 fully saturated rings. The highest BCUT2D eigenvalue weighted by molar-refractivity contribution is 6.17. The summed E-state index contributed by atoms with van der Waals surface area (Å²) in [5.74, 6) is -0.682. The van der Waals surface area contributed by atoms with E-state index in [9.17, 15) is 18.8 Å². The number of pyridine rings is 1. The number of aryl methyl sites for hydroxylation is 1. The summed E-state index contributed by atoms with van der Waals surface area (Å²) in [6.45, 7) is 0. The molecule has 35 heavy (non-hydrogen) atoms. The van der Waals surface area contributed by atoms with Crippen molar-refractivity contribution in [2.75, 3.05) is 10.2 Å². The lowest BCUT2D eigenvalue weighted by molar-refractivity contribution is -0.127. The first-order chi connectivity index (χ1) is 17.0. The summed E-state index contributed by atoms with van der Waals surface area (Å²) < 4.78 is 13.9. The van der Waals surface area contributed by atoms with Gasteiger partial charge in [0.15, 0.2) is 5.78 Å². The fourth-order valence-corrected chi connectivity index (χ4v) is 4.71. The zero-order chi connectivity index (χ0) is 24.1. The van der Waals surface area contributed by atoms with Crippen LogP contribution in [0.3, 0.4) is 0 Å². The Balaban J connectivity index is 1.44. The molecule has 0 saturated heterocycles. The van der Waals surface area contributed by atoms with Gasteiger partial charge in [-0.05, 0) is 68.9 Å². The number of H-pyrrole nitrogens is 1. The molecule has 6 rings (SSSR count). The fourth-order valence-electron chi connectivity index (χ4n) is 4.71. The van der Waals surface area contributed by atoms with E-state index in [-0.39, 0.29) is 35.3 Å². The molecule has 0 radical (unpaired) electrons. The largest absolute Gasteiger partial charge is 0.356 e. The average Bonchev–Trinajstić information content (AvgIpc) is 3.76. The Bertz CT molecular complexity index is 1330. The number of imide groups is 1. The Morgan fingerprint density at radius 2 is 1.77 bits per heavy atom. The van der Waals surface area contributed by atoms with Gasteiger partial charge in [-0.3, -0.25) is 14.4 Å². The van der Waals surface area contributed by atoms with Crippen molar-refractivity contribution in [3.63, 3.8) is 0 Å². The van der Waals surface area contributed by atoms with Gasteiger partial charge in [0.1, 0.15) is 11.6 Å². The minimum Gasteiger partial charge on any atom is -0.356 e. The van der Waals surface area contributed by atoms with Gasteiger partial charge in [0.2, 0.25) is 11.8 Å². The van der Waals surface area contributed by atoms with Crippen molar-refractivity contribution >= 4 is 34.8 Å². The van der Waals surface area contributed by atoms with Crippen LogP contribution in [0.5, 0.6) is 0 Å². The lowest BCUT2D eigenvalue weighted by Crippen LogP contribution is -2.39. The lowest BCUT2D eigenvalue weighted by atomic mass is 9.95. The highest BCUT2D eigenvalue weighted by Crippen LogP contribution is 2.41. The van der Waals surface area contributed by atoms with Crippen LogP contribution >= 0.6 is 0 Å². The third-order valence-electron chi connectivity index (χ3n) is 6.84. The Labute approximate surface area is 201 Å². The summed E-state index contributed by atoms with van der Waals surface area (Å²) in [6.07, 6.45) is 6.67.